The van der Waals surface area contributed by atoms with Gasteiger partial charge in [-0.25, -0.2) is 4.98 Å². The summed E-state index contributed by atoms with van der Waals surface area (Å²) in [5.41, 5.74) is 3.66. The number of nitrogens with one attached hydrogen (secondary N) is 1. The third kappa shape index (κ3) is 3.19. The van der Waals surface area contributed by atoms with Crippen LogP contribution in [0.2, 0.25) is 0 Å². The van der Waals surface area contributed by atoms with E-state index in [1.165, 1.54) is 15.8 Å². The zero-order valence-corrected chi connectivity index (χ0v) is 15.9. The number of carbonyl (C=O) groups is 1. The highest BCUT2D eigenvalue weighted by Gasteiger charge is 2.30. The second kappa shape index (κ2) is 6.94. The molecule has 3 aromatic rings. The number of hydrogen-bond acceptors (Lipinski definition) is 5. The number of thiazole rings is 1. The predicted octanol–water partition coefficient (Wildman–Crippen LogP) is 2.66. The number of piperazine rings is 1. The van der Waals surface area contributed by atoms with Crippen LogP contribution in [0.25, 0.3) is 10.2 Å². The van der Waals surface area contributed by atoms with E-state index in [0.29, 0.717) is 0 Å². The number of fused-ring (bicyclic) bond motifs is 2. The number of anilines is 1. The maximum absolute atomic E-state index is 13.0. The maximum Gasteiger partial charge on any atom is 0.240 e. The average Bonchev–Trinajstić information content (AvgIpc) is 3.17. The second-order valence-electron chi connectivity index (χ2n) is 7.18. The van der Waals surface area contributed by atoms with Crippen LogP contribution in [0.1, 0.15) is 11.1 Å². The van der Waals surface area contributed by atoms with E-state index < -0.39 is 0 Å². The van der Waals surface area contributed by atoms with E-state index in [9.17, 15) is 4.79 Å². The Bertz CT molecular complexity index is 944. The van der Waals surface area contributed by atoms with E-state index in [-0.39, 0.29) is 11.9 Å². The van der Waals surface area contributed by atoms with Crippen LogP contribution < -0.4 is 10.2 Å². The fourth-order valence-electron chi connectivity index (χ4n) is 3.96. The molecule has 6 heteroatoms. The van der Waals surface area contributed by atoms with Crippen molar-refractivity contribution >= 4 is 32.6 Å². The fraction of sp³-hybridized carbons (Fsp3) is 0.333. The smallest absolute Gasteiger partial charge is 0.240 e. The van der Waals surface area contributed by atoms with Crippen LogP contribution in [-0.2, 0) is 17.8 Å². The molecular formula is C21H22N4OS. The largest absolute Gasteiger partial charge is 0.345 e. The summed E-state index contributed by atoms with van der Waals surface area (Å²) in [6.07, 6.45) is 0.785. The van der Waals surface area contributed by atoms with Crippen LogP contribution in [0, 0.1) is 0 Å². The van der Waals surface area contributed by atoms with Crippen molar-refractivity contribution in [2.24, 2.45) is 0 Å². The van der Waals surface area contributed by atoms with Crippen molar-refractivity contribution in [1.29, 1.82) is 0 Å². The first-order chi connectivity index (χ1) is 13.3. The number of hydrogen-bond donors (Lipinski definition) is 1. The zero-order valence-electron chi connectivity index (χ0n) is 15.1. The number of carbonyl (C=O) groups excluding carboxylic acids is 1. The summed E-state index contributed by atoms with van der Waals surface area (Å²) in [6, 6.07) is 16.5. The van der Waals surface area contributed by atoms with Gasteiger partial charge in [0.1, 0.15) is 0 Å². The Morgan fingerprint density at radius 3 is 2.56 bits per heavy atom. The van der Waals surface area contributed by atoms with Gasteiger partial charge in [0.15, 0.2) is 5.13 Å². The first kappa shape index (κ1) is 16.7. The lowest BCUT2D eigenvalue weighted by Gasteiger charge is -2.37. The third-order valence-electron chi connectivity index (χ3n) is 5.52. The summed E-state index contributed by atoms with van der Waals surface area (Å²) < 4.78 is 1.22. The molecule has 1 aromatic heterocycles. The SMILES string of the molecule is O=C([C@H]1Cc2ccccc2CN1)N1CCN(c2nc3ccccc3s2)CC1. The predicted molar refractivity (Wildman–Crippen MR) is 109 cm³/mol. The van der Waals surface area contributed by atoms with Crippen molar-refractivity contribution in [3.05, 3.63) is 59.7 Å². The summed E-state index contributed by atoms with van der Waals surface area (Å²) >= 11 is 1.73. The maximum atomic E-state index is 13.0. The van der Waals surface area contributed by atoms with Crippen LogP contribution in [0.15, 0.2) is 48.5 Å². The van der Waals surface area contributed by atoms with E-state index in [2.05, 4.69) is 52.7 Å². The molecule has 1 amide bonds. The van der Waals surface area contributed by atoms with Crippen molar-refractivity contribution in [2.75, 3.05) is 31.1 Å². The van der Waals surface area contributed by atoms with Gasteiger partial charge in [-0.1, -0.05) is 47.7 Å². The molecule has 2 aliphatic rings. The Morgan fingerprint density at radius 1 is 1.00 bits per heavy atom. The molecule has 1 atom stereocenters. The molecule has 3 heterocycles. The zero-order chi connectivity index (χ0) is 18.2. The molecule has 0 unspecified atom stereocenters. The van der Waals surface area contributed by atoms with E-state index in [0.717, 1.165) is 49.8 Å². The van der Waals surface area contributed by atoms with Gasteiger partial charge in [-0.2, -0.15) is 0 Å². The molecule has 1 N–H and O–H groups in total. The lowest BCUT2D eigenvalue weighted by Crippen LogP contribution is -2.55. The van der Waals surface area contributed by atoms with E-state index >= 15 is 0 Å². The molecule has 0 radical (unpaired) electrons. The summed E-state index contributed by atoms with van der Waals surface area (Å²) in [6.45, 7) is 3.98. The summed E-state index contributed by atoms with van der Waals surface area (Å²) in [7, 11) is 0. The van der Waals surface area contributed by atoms with Crippen LogP contribution in [0.4, 0.5) is 5.13 Å². The highest BCUT2D eigenvalue weighted by atomic mass is 32.1. The fourth-order valence-corrected chi connectivity index (χ4v) is 4.98. The Kier molecular flexibility index (Phi) is 4.30. The van der Waals surface area contributed by atoms with Crippen molar-refractivity contribution in [2.45, 2.75) is 19.0 Å². The summed E-state index contributed by atoms with van der Waals surface area (Å²) in [5, 5.41) is 4.48. The average molecular weight is 379 g/mol. The van der Waals surface area contributed by atoms with Gasteiger partial charge in [0.25, 0.3) is 0 Å². The van der Waals surface area contributed by atoms with Gasteiger partial charge in [-0.3, -0.25) is 4.79 Å². The van der Waals surface area contributed by atoms with E-state index in [1.54, 1.807) is 11.3 Å². The van der Waals surface area contributed by atoms with Gasteiger partial charge in [-0.05, 0) is 29.7 Å². The number of aromatic nitrogens is 1. The Hall–Kier alpha value is -2.44. The van der Waals surface area contributed by atoms with Gasteiger partial charge >= 0.3 is 0 Å². The van der Waals surface area contributed by atoms with Crippen molar-refractivity contribution in [3.8, 4) is 0 Å². The van der Waals surface area contributed by atoms with Gasteiger partial charge in [0.05, 0.1) is 16.3 Å². The minimum atomic E-state index is -0.103. The number of nitrogens with zero attached hydrogens (tertiary/aromatic N) is 3. The Labute approximate surface area is 162 Å². The molecule has 5 rings (SSSR count). The van der Waals surface area contributed by atoms with E-state index in [1.807, 2.05) is 11.0 Å². The van der Waals surface area contributed by atoms with Gasteiger partial charge in [0, 0.05) is 32.7 Å². The minimum Gasteiger partial charge on any atom is -0.345 e. The van der Waals surface area contributed by atoms with Crippen LogP contribution >= 0.6 is 11.3 Å². The molecule has 5 nitrogen and oxygen atoms in total. The van der Waals surface area contributed by atoms with Crippen LogP contribution in [0.5, 0.6) is 0 Å². The first-order valence-electron chi connectivity index (χ1n) is 9.47. The molecule has 1 fully saturated rings. The molecule has 1 saturated heterocycles. The van der Waals surface area contributed by atoms with Crippen molar-refractivity contribution < 1.29 is 4.79 Å². The molecular weight excluding hydrogens is 356 g/mol. The first-order valence-corrected chi connectivity index (χ1v) is 10.3. The highest BCUT2D eigenvalue weighted by molar-refractivity contribution is 7.22. The topological polar surface area (TPSA) is 48.5 Å². The standard InChI is InChI=1S/C21H22N4OS/c26-20(18-13-15-5-1-2-6-16(15)14-22-18)24-9-11-25(12-10-24)21-23-17-7-3-4-8-19(17)27-21/h1-8,18,22H,9-14H2/t18-/m1/s1. The van der Waals surface area contributed by atoms with E-state index in [4.69, 9.17) is 4.98 Å². The lowest BCUT2D eigenvalue weighted by atomic mass is 9.95. The number of para-hydroxylation sites is 1. The lowest BCUT2D eigenvalue weighted by molar-refractivity contribution is -0.134. The summed E-state index contributed by atoms with van der Waals surface area (Å²) in [4.78, 5) is 22.0. The molecule has 27 heavy (non-hydrogen) atoms. The van der Waals surface area contributed by atoms with Gasteiger partial charge in [-0.15, -0.1) is 0 Å². The Balaban J connectivity index is 1.23. The minimum absolute atomic E-state index is 0.103. The summed E-state index contributed by atoms with van der Waals surface area (Å²) in [5.74, 6) is 0.230. The third-order valence-corrected chi connectivity index (χ3v) is 6.62. The highest BCUT2D eigenvalue weighted by Crippen LogP contribution is 2.29. The molecule has 0 bridgehead atoms. The second-order valence-corrected chi connectivity index (χ2v) is 8.19. The molecule has 2 aromatic carbocycles. The van der Waals surface area contributed by atoms with Crippen molar-refractivity contribution in [3.63, 3.8) is 0 Å². The molecule has 0 saturated carbocycles. The number of rotatable bonds is 2. The Morgan fingerprint density at radius 2 is 1.74 bits per heavy atom. The molecule has 0 spiro atoms. The van der Waals surface area contributed by atoms with Crippen LogP contribution in [0.3, 0.4) is 0 Å². The quantitative estimate of drug-likeness (QED) is 0.745. The monoisotopic (exact) mass is 378 g/mol. The molecule has 138 valence electrons. The number of benzene rings is 2. The van der Waals surface area contributed by atoms with Crippen LogP contribution in [-0.4, -0.2) is 48.0 Å². The van der Waals surface area contributed by atoms with Gasteiger partial charge in [0.2, 0.25) is 5.91 Å². The normalized spacial score (nSPS) is 19.9. The van der Waals surface area contributed by atoms with Gasteiger partial charge < -0.3 is 15.1 Å². The number of amides is 1. The molecule has 2 aliphatic heterocycles. The van der Waals surface area contributed by atoms with Crippen molar-refractivity contribution in [1.82, 2.24) is 15.2 Å². The molecule has 0 aliphatic carbocycles.